The number of carbonyl (C=O) groups is 1. The predicted octanol–water partition coefficient (Wildman–Crippen LogP) is 0.629. The molecule has 1 aromatic rings. The van der Waals surface area contributed by atoms with E-state index in [-0.39, 0.29) is 5.91 Å². The molecule has 1 heterocycles. The normalized spacial score (nSPS) is 12.4. The Balaban J connectivity index is 2.35. The number of nitrogens with zero attached hydrogens (tertiary/aromatic N) is 2. The summed E-state index contributed by atoms with van der Waals surface area (Å²) in [6.07, 6.45) is 3.66. The number of aliphatic hydroxyl groups is 1. The highest BCUT2D eigenvalue weighted by molar-refractivity contribution is 5.90. The van der Waals surface area contributed by atoms with Gasteiger partial charge in [0.25, 0.3) is 0 Å². The van der Waals surface area contributed by atoms with Crippen LogP contribution in [0.3, 0.4) is 0 Å². The highest BCUT2D eigenvalue weighted by atomic mass is 16.5. The van der Waals surface area contributed by atoms with Crippen LogP contribution in [0.5, 0.6) is 0 Å². The summed E-state index contributed by atoms with van der Waals surface area (Å²) in [5, 5.41) is 15.9. The molecule has 0 saturated carbocycles. The highest BCUT2D eigenvalue weighted by Crippen LogP contribution is 2.06. The van der Waals surface area contributed by atoms with E-state index >= 15 is 0 Å². The molecule has 1 aromatic heterocycles. The average Bonchev–Trinajstić information content (AvgIpc) is 2.71. The van der Waals surface area contributed by atoms with Crippen LogP contribution in [0, 0.1) is 0 Å². The Morgan fingerprint density at radius 1 is 1.71 bits per heavy atom. The Morgan fingerprint density at radius 3 is 3.12 bits per heavy atom. The van der Waals surface area contributed by atoms with Gasteiger partial charge in [0, 0.05) is 19.7 Å². The molecular formula is C11H19N3O3. The lowest BCUT2D eigenvalue weighted by Crippen LogP contribution is -2.13. The number of aromatic nitrogens is 2. The molecule has 6 heteroatoms. The average molecular weight is 241 g/mol. The Hall–Kier alpha value is -1.40. The summed E-state index contributed by atoms with van der Waals surface area (Å²) in [6.45, 7) is 2.90. The Bertz CT molecular complexity index is 349. The topological polar surface area (TPSA) is 76.4 Å². The maximum atomic E-state index is 11.5. The standard InChI is InChI=1S/C11H19N3O3/c1-9(15)3-4-11(16)13-10-7-12-14(8-10)5-6-17-2/h7-9,15H,3-6H2,1-2H3,(H,13,16). The molecule has 96 valence electrons. The summed E-state index contributed by atoms with van der Waals surface area (Å²) in [5.41, 5.74) is 0.664. The van der Waals surface area contributed by atoms with Gasteiger partial charge in [-0.15, -0.1) is 0 Å². The molecule has 1 rings (SSSR count). The minimum Gasteiger partial charge on any atom is -0.393 e. The molecule has 17 heavy (non-hydrogen) atoms. The van der Waals surface area contributed by atoms with Crippen LogP contribution in [0.25, 0.3) is 0 Å². The summed E-state index contributed by atoms with van der Waals surface area (Å²) in [4.78, 5) is 11.5. The summed E-state index contributed by atoms with van der Waals surface area (Å²) in [6, 6.07) is 0. The van der Waals surface area contributed by atoms with Gasteiger partial charge in [0.1, 0.15) is 0 Å². The Kier molecular flexibility index (Phi) is 5.65. The van der Waals surface area contributed by atoms with E-state index in [9.17, 15) is 4.79 Å². The van der Waals surface area contributed by atoms with Gasteiger partial charge in [0.15, 0.2) is 0 Å². The molecule has 0 aromatic carbocycles. The maximum absolute atomic E-state index is 11.5. The second-order valence-corrected chi connectivity index (χ2v) is 3.92. The zero-order valence-corrected chi connectivity index (χ0v) is 10.2. The fraction of sp³-hybridized carbons (Fsp3) is 0.636. The summed E-state index contributed by atoms with van der Waals surface area (Å²) >= 11 is 0. The Morgan fingerprint density at radius 2 is 2.47 bits per heavy atom. The van der Waals surface area contributed by atoms with E-state index in [0.717, 1.165) is 0 Å². The van der Waals surface area contributed by atoms with E-state index < -0.39 is 6.10 Å². The first-order valence-electron chi connectivity index (χ1n) is 5.61. The third kappa shape index (κ3) is 5.46. The van der Waals surface area contributed by atoms with Gasteiger partial charge in [0.05, 0.1) is 31.1 Å². The molecule has 1 amide bonds. The van der Waals surface area contributed by atoms with Crippen LogP contribution >= 0.6 is 0 Å². The van der Waals surface area contributed by atoms with Gasteiger partial charge < -0.3 is 15.2 Å². The second-order valence-electron chi connectivity index (χ2n) is 3.92. The molecule has 0 spiro atoms. The van der Waals surface area contributed by atoms with Crippen LogP contribution in [0.2, 0.25) is 0 Å². The van der Waals surface area contributed by atoms with Gasteiger partial charge >= 0.3 is 0 Å². The lowest BCUT2D eigenvalue weighted by atomic mass is 10.2. The van der Waals surface area contributed by atoms with Crippen LogP contribution in [-0.2, 0) is 16.1 Å². The number of carbonyl (C=O) groups excluding carboxylic acids is 1. The van der Waals surface area contributed by atoms with Gasteiger partial charge in [-0.25, -0.2) is 0 Å². The van der Waals surface area contributed by atoms with Crippen molar-refractivity contribution in [2.45, 2.75) is 32.4 Å². The fourth-order valence-corrected chi connectivity index (χ4v) is 1.30. The van der Waals surface area contributed by atoms with Crippen molar-refractivity contribution in [2.24, 2.45) is 0 Å². The molecule has 0 saturated heterocycles. The fourth-order valence-electron chi connectivity index (χ4n) is 1.30. The molecule has 0 aliphatic heterocycles. The van der Waals surface area contributed by atoms with Crippen molar-refractivity contribution in [2.75, 3.05) is 19.0 Å². The van der Waals surface area contributed by atoms with Crippen molar-refractivity contribution in [1.29, 1.82) is 0 Å². The van der Waals surface area contributed by atoms with E-state index in [0.29, 0.717) is 31.7 Å². The molecule has 0 aliphatic carbocycles. The summed E-state index contributed by atoms with van der Waals surface area (Å²) < 4.78 is 6.63. The van der Waals surface area contributed by atoms with Crippen molar-refractivity contribution < 1.29 is 14.6 Å². The minimum atomic E-state index is -0.454. The monoisotopic (exact) mass is 241 g/mol. The number of hydrogen-bond donors (Lipinski definition) is 2. The van der Waals surface area contributed by atoms with Crippen LogP contribution < -0.4 is 5.32 Å². The van der Waals surface area contributed by atoms with Crippen molar-refractivity contribution in [3.05, 3.63) is 12.4 Å². The number of aliphatic hydroxyl groups excluding tert-OH is 1. The number of amides is 1. The van der Waals surface area contributed by atoms with Crippen LogP contribution in [0.4, 0.5) is 5.69 Å². The van der Waals surface area contributed by atoms with Crippen LogP contribution in [0.15, 0.2) is 12.4 Å². The molecule has 0 fully saturated rings. The van der Waals surface area contributed by atoms with Gasteiger partial charge in [-0.3, -0.25) is 9.48 Å². The van der Waals surface area contributed by atoms with Crippen LogP contribution in [0.1, 0.15) is 19.8 Å². The smallest absolute Gasteiger partial charge is 0.224 e. The zero-order valence-electron chi connectivity index (χ0n) is 10.2. The first kappa shape index (κ1) is 13.7. The van der Waals surface area contributed by atoms with Crippen molar-refractivity contribution in [1.82, 2.24) is 9.78 Å². The Labute approximate surface area is 101 Å². The molecule has 0 radical (unpaired) electrons. The van der Waals surface area contributed by atoms with E-state index in [1.165, 1.54) is 0 Å². The molecule has 1 atom stereocenters. The van der Waals surface area contributed by atoms with Gasteiger partial charge in [-0.1, -0.05) is 0 Å². The number of hydrogen-bond acceptors (Lipinski definition) is 4. The van der Waals surface area contributed by atoms with Gasteiger partial charge in [-0.05, 0) is 13.3 Å². The highest BCUT2D eigenvalue weighted by Gasteiger charge is 2.06. The quantitative estimate of drug-likeness (QED) is 0.734. The molecule has 1 unspecified atom stereocenters. The number of nitrogens with one attached hydrogen (secondary N) is 1. The number of anilines is 1. The molecule has 0 aliphatic rings. The SMILES string of the molecule is COCCn1cc(NC(=O)CCC(C)O)cn1. The first-order valence-corrected chi connectivity index (χ1v) is 5.61. The lowest BCUT2D eigenvalue weighted by molar-refractivity contribution is -0.116. The van der Waals surface area contributed by atoms with E-state index in [1.54, 1.807) is 31.1 Å². The zero-order chi connectivity index (χ0) is 12.7. The first-order chi connectivity index (χ1) is 8.11. The maximum Gasteiger partial charge on any atom is 0.224 e. The van der Waals surface area contributed by atoms with Crippen molar-refractivity contribution in [3.63, 3.8) is 0 Å². The third-order valence-corrected chi connectivity index (χ3v) is 2.23. The van der Waals surface area contributed by atoms with E-state index in [1.807, 2.05) is 0 Å². The number of rotatable bonds is 7. The number of ether oxygens (including phenoxy) is 1. The largest absolute Gasteiger partial charge is 0.393 e. The molecule has 2 N–H and O–H groups in total. The molecule has 0 bridgehead atoms. The molecule has 6 nitrogen and oxygen atoms in total. The van der Waals surface area contributed by atoms with Crippen molar-refractivity contribution in [3.8, 4) is 0 Å². The molecular weight excluding hydrogens is 222 g/mol. The van der Waals surface area contributed by atoms with Gasteiger partial charge in [0.2, 0.25) is 5.91 Å². The number of methoxy groups -OCH3 is 1. The third-order valence-electron chi connectivity index (χ3n) is 2.23. The van der Waals surface area contributed by atoms with E-state index in [4.69, 9.17) is 9.84 Å². The summed E-state index contributed by atoms with van der Waals surface area (Å²) in [7, 11) is 1.63. The predicted molar refractivity (Wildman–Crippen MR) is 63.6 cm³/mol. The summed E-state index contributed by atoms with van der Waals surface area (Å²) in [5.74, 6) is -0.114. The minimum absolute atomic E-state index is 0.114. The van der Waals surface area contributed by atoms with Gasteiger partial charge in [-0.2, -0.15) is 5.10 Å². The lowest BCUT2D eigenvalue weighted by Gasteiger charge is -2.04. The van der Waals surface area contributed by atoms with Crippen LogP contribution in [-0.4, -0.2) is 40.6 Å². The second kappa shape index (κ2) is 7.03. The van der Waals surface area contributed by atoms with E-state index in [2.05, 4.69) is 10.4 Å². The van der Waals surface area contributed by atoms with Crippen molar-refractivity contribution >= 4 is 11.6 Å².